The van der Waals surface area contributed by atoms with Crippen LogP contribution in [-0.4, -0.2) is 33.9 Å². The number of aryl methyl sites for hydroxylation is 1. The van der Waals surface area contributed by atoms with E-state index in [1.807, 2.05) is 0 Å². The quantitative estimate of drug-likeness (QED) is 0.538. The van der Waals surface area contributed by atoms with Crippen molar-refractivity contribution in [2.24, 2.45) is 0 Å². The number of pyridine rings is 1. The molecule has 2 N–H and O–H groups in total. The number of nitrogens with zero attached hydrogens (tertiary/aromatic N) is 1. The van der Waals surface area contributed by atoms with Crippen molar-refractivity contribution in [3.05, 3.63) is 58.0 Å². The summed E-state index contributed by atoms with van der Waals surface area (Å²) in [5.74, 6) is -0.909. The molecule has 128 valence electrons. The second-order valence-corrected chi connectivity index (χ2v) is 5.95. The molecule has 0 bridgehead atoms. The van der Waals surface area contributed by atoms with Crippen molar-refractivity contribution < 1.29 is 19.4 Å². The van der Waals surface area contributed by atoms with Crippen LogP contribution in [0.4, 0.5) is 0 Å². The second-order valence-electron chi connectivity index (χ2n) is 5.56. The van der Waals surface area contributed by atoms with E-state index in [0.29, 0.717) is 39.0 Å². The summed E-state index contributed by atoms with van der Waals surface area (Å²) in [6.45, 7) is 1.78. The van der Waals surface area contributed by atoms with Crippen molar-refractivity contribution >= 4 is 34.3 Å². The number of carbonyl (C=O) groups excluding carboxylic acids is 1. The molecule has 0 aliphatic rings. The van der Waals surface area contributed by atoms with Gasteiger partial charge in [-0.15, -0.1) is 0 Å². The van der Waals surface area contributed by atoms with Gasteiger partial charge in [0.25, 0.3) is 0 Å². The summed E-state index contributed by atoms with van der Waals surface area (Å²) in [4.78, 5) is 31.4. The molecule has 25 heavy (non-hydrogen) atoms. The Hall–Kier alpha value is -2.86. The molecule has 3 aromatic rings. The molecule has 7 heteroatoms. The zero-order chi connectivity index (χ0) is 18.1. The fourth-order valence-electron chi connectivity index (χ4n) is 2.89. The average molecular weight is 359 g/mol. The van der Waals surface area contributed by atoms with Crippen LogP contribution in [0, 0.1) is 6.92 Å². The molecule has 0 amide bonds. The predicted molar refractivity (Wildman–Crippen MR) is 93.6 cm³/mol. The van der Waals surface area contributed by atoms with Crippen LogP contribution < -0.4 is 4.74 Å². The zero-order valence-corrected chi connectivity index (χ0v) is 14.3. The minimum atomic E-state index is -0.974. The number of carboxylic acids is 1. The molecule has 0 saturated heterocycles. The summed E-state index contributed by atoms with van der Waals surface area (Å²) in [6, 6.07) is 6.55. The van der Waals surface area contributed by atoms with Crippen LogP contribution in [0.5, 0.6) is 5.75 Å². The maximum absolute atomic E-state index is 13.1. The van der Waals surface area contributed by atoms with Crippen LogP contribution >= 0.6 is 11.6 Å². The third-order valence-corrected chi connectivity index (χ3v) is 4.23. The van der Waals surface area contributed by atoms with E-state index in [1.165, 1.54) is 19.4 Å². The van der Waals surface area contributed by atoms with Crippen molar-refractivity contribution in [2.45, 2.75) is 13.3 Å². The van der Waals surface area contributed by atoms with Gasteiger partial charge in [-0.3, -0.25) is 9.59 Å². The SMILES string of the molecule is COc1ccc2[nH]c(C)c(CC(=O)O)c2c1C(=O)c1ccc(Cl)nc1. The molecule has 1 aromatic carbocycles. The van der Waals surface area contributed by atoms with Crippen molar-refractivity contribution in [1.82, 2.24) is 9.97 Å². The second kappa shape index (κ2) is 6.57. The highest BCUT2D eigenvalue weighted by Crippen LogP contribution is 2.34. The lowest BCUT2D eigenvalue weighted by Gasteiger charge is -2.11. The number of benzene rings is 1. The van der Waals surface area contributed by atoms with Gasteiger partial charge in [0.15, 0.2) is 5.78 Å². The van der Waals surface area contributed by atoms with Crippen molar-refractivity contribution in [3.8, 4) is 5.75 Å². The Bertz CT molecular complexity index is 977. The van der Waals surface area contributed by atoms with Gasteiger partial charge < -0.3 is 14.8 Å². The molecule has 6 nitrogen and oxygen atoms in total. The van der Waals surface area contributed by atoms with Crippen LogP contribution in [0.2, 0.25) is 5.15 Å². The molecule has 0 atom stereocenters. The number of carbonyl (C=O) groups is 2. The first kappa shape index (κ1) is 17.0. The van der Waals surface area contributed by atoms with Gasteiger partial charge in [0.05, 0.1) is 19.1 Å². The molecule has 0 spiro atoms. The van der Waals surface area contributed by atoms with Crippen LogP contribution in [-0.2, 0) is 11.2 Å². The average Bonchev–Trinajstić information content (AvgIpc) is 2.89. The number of rotatable bonds is 5. The number of halogens is 1. The Kier molecular flexibility index (Phi) is 4.46. The summed E-state index contributed by atoms with van der Waals surface area (Å²) >= 11 is 5.78. The number of aliphatic carboxylic acids is 1. The van der Waals surface area contributed by atoms with Gasteiger partial charge in [0, 0.05) is 28.4 Å². The maximum Gasteiger partial charge on any atom is 0.307 e. The summed E-state index contributed by atoms with van der Waals surface area (Å²) in [6.07, 6.45) is 1.19. The van der Waals surface area contributed by atoms with Gasteiger partial charge in [-0.2, -0.15) is 0 Å². The molecule has 0 saturated carbocycles. The van der Waals surface area contributed by atoms with Crippen molar-refractivity contribution in [2.75, 3.05) is 7.11 Å². The highest BCUT2D eigenvalue weighted by molar-refractivity contribution is 6.29. The molecule has 0 radical (unpaired) electrons. The number of hydrogen-bond donors (Lipinski definition) is 2. The molecule has 0 fully saturated rings. The summed E-state index contributed by atoms with van der Waals surface area (Å²) in [5, 5.41) is 10.1. The number of aromatic nitrogens is 2. The van der Waals surface area contributed by atoms with Gasteiger partial charge in [0.2, 0.25) is 0 Å². The van der Waals surface area contributed by atoms with Gasteiger partial charge in [0.1, 0.15) is 10.9 Å². The van der Waals surface area contributed by atoms with E-state index in [2.05, 4.69) is 9.97 Å². The smallest absolute Gasteiger partial charge is 0.307 e. The van der Waals surface area contributed by atoms with Gasteiger partial charge >= 0.3 is 5.97 Å². The van der Waals surface area contributed by atoms with E-state index in [9.17, 15) is 14.7 Å². The molecule has 2 heterocycles. The fraction of sp³-hybridized carbons (Fsp3) is 0.167. The van der Waals surface area contributed by atoms with E-state index in [1.54, 1.807) is 25.1 Å². The number of methoxy groups -OCH3 is 1. The molecular formula is C18H15ClN2O4. The number of carboxylic acid groups (broad SMARTS) is 1. The highest BCUT2D eigenvalue weighted by Gasteiger charge is 2.23. The molecule has 3 rings (SSSR count). The first-order chi connectivity index (χ1) is 11.9. The Morgan fingerprint density at radius 2 is 2.04 bits per heavy atom. The lowest BCUT2D eigenvalue weighted by Crippen LogP contribution is -2.07. The minimum absolute atomic E-state index is 0.196. The number of aromatic amines is 1. The van der Waals surface area contributed by atoms with Crippen LogP contribution in [0.25, 0.3) is 10.9 Å². The number of hydrogen-bond acceptors (Lipinski definition) is 4. The number of nitrogens with one attached hydrogen (secondary N) is 1. The van der Waals surface area contributed by atoms with Crippen molar-refractivity contribution in [3.63, 3.8) is 0 Å². The van der Waals surface area contributed by atoms with E-state index in [4.69, 9.17) is 16.3 Å². The number of ether oxygens (including phenoxy) is 1. The molecule has 0 unspecified atom stereocenters. The maximum atomic E-state index is 13.1. The third kappa shape index (κ3) is 3.08. The lowest BCUT2D eigenvalue weighted by atomic mass is 9.96. The van der Waals surface area contributed by atoms with Crippen LogP contribution in [0.15, 0.2) is 30.5 Å². The monoisotopic (exact) mass is 358 g/mol. The summed E-state index contributed by atoms with van der Waals surface area (Å²) < 4.78 is 5.36. The number of H-pyrrole nitrogens is 1. The molecule has 0 aliphatic heterocycles. The number of ketones is 1. The zero-order valence-electron chi connectivity index (χ0n) is 13.6. The third-order valence-electron chi connectivity index (χ3n) is 4.01. The van der Waals surface area contributed by atoms with E-state index in [-0.39, 0.29) is 17.4 Å². The van der Waals surface area contributed by atoms with Gasteiger partial charge in [-0.05, 0) is 36.8 Å². The van der Waals surface area contributed by atoms with Crippen molar-refractivity contribution in [1.29, 1.82) is 0 Å². The van der Waals surface area contributed by atoms with Crippen LogP contribution in [0.1, 0.15) is 27.2 Å². The first-order valence-electron chi connectivity index (χ1n) is 7.48. The van der Waals surface area contributed by atoms with Crippen LogP contribution in [0.3, 0.4) is 0 Å². The predicted octanol–water partition coefficient (Wildman–Crippen LogP) is 3.39. The summed E-state index contributed by atoms with van der Waals surface area (Å²) in [7, 11) is 1.47. The normalized spacial score (nSPS) is 10.8. The number of fused-ring (bicyclic) bond motifs is 1. The van der Waals surface area contributed by atoms with E-state index < -0.39 is 5.97 Å². The Morgan fingerprint density at radius 1 is 1.28 bits per heavy atom. The highest BCUT2D eigenvalue weighted by atomic mass is 35.5. The molecule has 0 aliphatic carbocycles. The first-order valence-corrected chi connectivity index (χ1v) is 7.86. The fourth-order valence-corrected chi connectivity index (χ4v) is 3.00. The molecule has 2 aromatic heterocycles. The molecular weight excluding hydrogens is 344 g/mol. The minimum Gasteiger partial charge on any atom is -0.496 e. The van der Waals surface area contributed by atoms with Gasteiger partial charge in [-0.1, -0.05) is 11.6 Å². The van der Waals surface area contributed by atoms with E-state index in [0.717, 1.165) is 0 Å². The standard InChI is InChI=1S/C18H15ClN2O4/c1-9-11(7-15(22)23)16-12(21-9)4-5-13(25-2)17(16)18(24)10-3-6-14(19)20-8-10/h3-6,8,21H,7H2,1-2H3,(H,22,23). The largest absolute Gasteiger partial charge is 0.496 e. The lowest BCUT2D eigenvalue weighted by molar-refractivity contribution is -0.136. The Labute approximate surface area is 148 Å². The Morgan fingerprint density at radius 3 is 2.64 bits per heavy atom. The summed E-state index contributed by atoms with van der Waals surface area (Å²) in [5.41, 5.74) is 2.60. The van der Waals surface area contributed by atoms with E-state index >= 15 is 0 Å². The Balaban J connectivity index is 2.29. The topological polar surface area (TPSA) is 92.3 Å². The van der Waals surface area contributed by atoms with Gasteiger partial charge in [-0.25, -0.2) is 4.98 Å².